The van der Waals surface area contributed by atoms with Gasteiger partial charge in [0.2, 0.25) is 26.0 Å². The van der Waals surface area contributed by atoms with Crippen molar-refractivity contribution in [2.75, 3.05) is 16.6 Å². The molecule has 0 saturated carbocycles. The first-order valence-corrected chi connectivity index (χ1v) is 10.9. The first-order chi connectivity index (χ1) is 12.2. The summed E-state index contributed by atoms with van der Waals surface area (Å²) in [4.78, 5) is 11.7. The number of amides is 1. The summed E-state index contributed by atoms with van der Waals surface area (Å²) in [5, 5.41) is 3.78. The van der Waals surface area contributed by atoms with Crippen LogP contribution in [0.5, 0.6) is 0 Å². The number of hydrogen-bond acceptors (Lipinski definition) is 7. The molecule has 1 amide bonds. The van der Waals surface area contributed by atoms with Gasteiger partial charge in [0.1, 0.15) is 5.76 Å². The molecule has 1 aliphatic heterocycles. The molecule has 1 N–H and O–H groups in total. The van der Waals surface area contributed by atoms with Crippen LogP contribution >= 0.6 is 0 Å². The van der Waals surface area contributed by atoms with Crippen molar-refractivity contribution in [1.29, 1.82) is 0 Å². The van der Waals surface area contributed by atoms with Crippen LogP contribution in [-0.2, 0) is 31.3 Å². The monoisotopic (exact) mass is 399 g/mol. The van der Waals surface area contributed by atoms with E-state index >= 15 is 0 Å². The van der Waals surface area contributed by atoms with E-state index in [-0.39, 0.29) is 29.3 Å². The van der Waals surface area contributed by atoms with Crippen molar-refractivity contribution in [3.63, 3.8) is 0 Å². The van der Waals surface area contributed by atoms with E-state index in [9.17, 15) is 21.6 Å². The summed E-state index contributed by atoms with van der Waals surface area (Å²) in [7, 11) is -7.45. The van der Waals surface area contributed by atoms with Gasteiger partial charge >= 0.3 is 0 Å². The zero-order valence-electron chi connectivity index (χ0n) is 13.9. The van der Waals surface area contributed by atoms with E-state index in [4.69, 9.17) is 4.52 Å². The Balaban J connectivity index is 1.70. The molecule has 26 heavy (non-hydrogen) atoms. The lowest BCUT2D eigenvalue weighted by Crippen LogP contribution is -2.29. The molecular formula is C15H17N3O6S2. The highest BCUT2D eigenvalue weighted by atomic mass is 32.2. The Labute approximate surface area is 151 Å². The Morgan fingerprint density at radius 2 is 1.96 bits per heavy atom. The number of sulfonamides is 2. The van der Waals surface area contributed by atoms with Crippen LogP contribution in [0.3, 0.4) is 0 Å². The average Bonchev–Trinajstić information content (AvgIpc) is 3.10. The third-order valence-corrected chi connectivity index (χ3v) is 6.98. The lowest BCUT2D eigenvalue weighted by Gasteiger charge is -2.15. The summed E-state index contributed by atoms with van der Waals surface area (Å²) in [5.41, 5.74) is 0.767. The predicted molar refractivity (Wildman–Crippen MR) is 92.5 cm³/mol. The molecule has 1 fully saturated rings. The molecule has 2 heterocycles. The van der Waals surface area contributed by atoms with Gasteiger partial charge in [0.15, 0.2) is 0 Å². The number of anilines is 1. The molecule has 0 unspecified atom stereocenters. The van der Waals surface area contributed by atoms with E-state index in [0.717, 1.165) is 0 Å². The van der Waals surface area contributed by atoms with E-state index in [0.29, 0.717) is 22.2 Å². The number of carbonyl (C=O) groups is 1. The summed E-state index contributed by atoms with van der Waals surface area (Å²) in [6.45, 7) is 1.88. The molecule has 140 valence electrons. The highest BCUT2D eigenvalue weighted by Gasteiger charge is 2.36. The number of aromatic nitrogens is 1. The van der Waals surface area contributed by atoms with Crippen molar-refractivity contribution in [2.45, 2.75) is 24.7 Å². The van der Waals surface area contributed by atoms with Gasteiger partial charge in [-0.15, -0.1) is 0 Å². The fraction of sp³-hybridized carbons (Fsp3) is 0.333. The van der Waals surface area contributed by atoms with Gasteiger partial charge in [-0.25, -0.2) is 25.9 Å². The summed E-state index contributed by atoms with van der Waals surface area (Å²) < 4.78 is 56.4. The number of rotatable bonds is 6. The molecule has 0 aliphatic carbocycles. The van der Waals surface area contributed by atoms with Gasteiger partial charge < -0.3 is 4.52 Å². The van der Waals surface area contributed by atoms with Crippen LogP contribution in [0.25, 0.3) is 0 Å². The van der Waals surface area contributed by atoms with Crippen LogP contribution < -0.4 is 9.03 Å². The zero-order chi connectivity index (χ0) is 18.9. The molecule has 0 bridgehead atoms. The standard InChI is InChI=1S/C15H17N3O6S2/c1-11-10-12(17-24-11)6-8-16-26(22,23)14-4-2-13(3-5-14)18-15(19)7-9-25(18,20)21/h2-5,10,16H,6-9H2,1H3. The second-order valence-electron chi connectivity index (χ2n) is 5.79. The van der Waals surface area contributed by atoms with Crippen LogP contribution in [0.15, 0.2) is 39.8 Å². The molecule has 3 rings (SSSR count). The summed E-state index contributed by atoms with van der Waals surface area (Å²) in [6, 6.07) is 6.85. The third kappa shape index (κ3) is 3.79. The number of benzene rings is 1. The van der Waals surface area contributed by atoms with E-state index in [1.54, 1.807) is 13.0 Å². The van der Waals surface area contributed by atoms with Gasteiger partial charge in [0, 0.05) is 25.5 Å². The maximum atomic E-state index is 12.3. The Morgan fingerprint density at radius 3 is 2.50 bits per heavy atom. The second kappa shape index (κ2) is 6.82. The van der Waals surface area contributed by atoms with E-state index in [2.05, 4.69) is 9.88 Å². The highest BCUT2D eigenvalue weighted by molar-refractivity contribution is 7.94. The minimum absolute atomic E-state index is 0.0263. The number of hydrogen-bond donors (Lipinski definition) is 1. The average molecular weight is 399 g/mol. The summed E-state index contributed by atoms with van der Waals surface area (Å²) in [6.07, 6.45) is 0.292. The number of carbonyl (C=O) groups excluding carboxylic acids is 1. The Morgan fingerprint density at radius 1 is 1.27 bits per heavy atom. The number of aryl methyl sites for hydroxylation is 1. The fourth-order valence-electron chi connectivity index (χ4n) is 2.56. The molecule has 11 heteroatoms. The van der Waals surface area contributed by atoms with Crippen molar-refractivity contribution in [3.8, 4) is 0 Å². The SMILES string of the molecule is Cc1cc(CCNS(=O)(=O)c2ccc(N3C(=O)CCS3(=O)=O)cc2)no1. The van der Waals surface area contributed by atoms with Crippen molar-refractivity contribution in [2.24, 2.45) is 0 Å². The maximum Gasteiger partial charge on any atom is 0.242 e. The Hall–Kier alpha value is -2.24. The summed E-state index contributed by atoms with van der Waals surface area (Å²) in [5.74, 6) is -0.124. The lowest BCUT2D eigenvalue weighted by molar-refractivity contribution is -0.116. The van der Waals surface area contributed by atoms with Gasteiger partial charge in [-0.2, -0.15) is 0 Å². The quantitative estimate of drug-likeness (QED) is 0.752. The molecule has 0 spiro atoms. The van der Waals surface area contributed by atoms with Gasteiger partial charge in [-0.3, -0.25) is 4.79 Å². The van der Waals surface area contributed by atoms with Crippen LogP contribution in [0, 0.1) is 6.92 Å². The highest BCUT2D eigenvalue weighted by Crippen LogP contribution is 2.26. The summed E-state index contributed by atoms with van der Waals surface area (Å²) >= 11 is 0. The van der Waals surface area contributed by atoms with E-state index < -0.39 is 26.0 Å². The van der Waals surface area contributed by atoms with Crippen LogP contribution in [0.2, 0.25) is 0 Å². The van der Waals surface area contributed by atoms with Gasteiger partial charge in [0.25, 0.3) is 0 Å². The molecule has 1 aromatic carbocycles. The fourth-order valence-corrected chi connectivity index (χ4v) is 5.05. The largest absolute Gasteiger partial charge is 0.361 e. The van der Waals surface area contributed by atoms with Crippen molar-refractivity contribution < 1.29 is 26.2 Å². The minimum atomic E-state index is -3.77. The van der Waals surface area contributed by atoms with Crippen molar-refractivity contribution >= 4 is 31.6 Å². The third-order valence-electron chi connectivity index (χ3n) is 3.81. The minimum Gasteiger partial charge on any atom is -0.361 e. The molecular weight excluding hydrogens is 382 g/mol. The molecule has 9 nitrogen and oxygen atoms in total. The molecule has 0 atom stereocenters. The Kier molecular flexibility index (Phi) is 4.86. The zero-order valence-corrected chi connectivity index (χ0v) is 15.5. The molecule has 1 aromatic heterocycles. The van der Waals surface area contributed by atoms with E-state index in [1.165, 1.54) is 24.3 Å². The normalized spacial score (nSPS) is 17.0. The molecule has 1 saturated heterocycles. The van der Waals surface area contributed by atoms with Crippen LogP contribution in [-0.4, -0.2) is 40.2 Å². The van der Waals surface area contributed by atoms with Crippen LogP contribution in [0.1, 0.15) is 17.9 Å². The number of nitrogens with zero attached hydrogens (tertiary/aromatic N) is 2. The number of nitrogens with one attached hydrogen (secondary N) is 1. The topological polar surface area (TPSA) is 127 Å². The maximum absolute atomic E-state index is 12.3. The second-order valence-corrected chi connectivity index (χ2v) is 9.50. The van der Waals surface area contributed by atoms with Gasteiger partial charge in [-0.05, 0) is 31.2 Å². The molecule has 0 radical (unpaired) electrons. The van der Waals surface area contributed by atoms with Crippen LogP contribution in [0.4, 0.5) is 5.69 Å². The molecule has 1 aliphatic rings. The van der Waals surface area contributed by atoms with Crippen molar-refractivity contribution in [1.82, 2.24) is 9.88 Å². The predicted octanol–water partition coefficient (Wildman–Crippen LogP) is 0.571. The first-order valence-electron chi connectivity index (χ1n) is 7.77. The van der Waals surface area contributed by atoms with Crippen molar-refractivity contribution in [3.05, 3.63) is 41.8 Å². The Bertz CT molecular complexity index is 1030. The van der Waals surface area contributed by atoms with Gasteiger partial charge in [-0.1, -0.05) is 5.16 Å². The van der Waals surface area contributed by atoms with E-state index in [1.807, 2.05) is 0 Å². The smallest absolute Gasteiger partial charge is 0.242 e. The lowest BCUT2D eigenvalue weighted by atomic mass is 10.3. The first kappa shape index (κ1) is 18.5. The molecule has 2 aromatic rings. The van der Waals surface area contributed by atoms with Gasteiger partial charge in [0.05, 0.1) is 22.0 Å².